The molecule has 0 unspecified atom stereocenters. The van der Waals surface area contributed by atoms with Crippen LogP contribution >= 0.6 is 15.9 Å². The van der Waals surface area contributed by atoms with Gasteiger partial charge < -0.3 is 5.32 Å². The van der Waals surface area contributed by atoms with Gasteiger partial charge in [0.15, 0.2) is 0 Å². The van der Waals surface area contributed by atoms with Crippen LogP contribution in [0.1, 0.15) is 25.3 Å². The Morgan fingerprint density at radius 3 is 2.89 bits per heavy atom. The second kappa shape index (κ2) is 7.70. The molecule has 1 aromatic carbocycles. The monoisotopic (exact) mass is 324 g/mol. The normalized spacial score (nSPS) is 10.9. The van der Waals surface area contributed by atoms with Gasteiger partial charge in [0.1, 0.15) is 17.5 Å². The van der Waals surface area contributed by atoms with Crippen LogP contribution in [0.15, 0.2) is 28.2 Å². The smallest absolute Gasteiger partial charge is 0.261 e. The summed E-state index contributed by atoms with van der Waals surface area (Å²) in [5.74, 6) is -0.792. The van der Waals surface area contributed by atoms with Crippen molar-refractivity contribution in [3.63, 3.8) is 0 Å². The summed E-state index contributed by atoms with van der Waals surface area (Å²) in [5, 5.41) is 11.6. The van der Waals surface area contributed by atoms with Crippen molar-refractivity contribution >= 4 is 27.9 Å². The molecule has 0 atom stereocenters. The quantitative estimate of drug-likeness (QED) is 0.512. The first-order valence-corrected chi connectivity index (χ1v) is 6.72. The van der Waals surface area contributed by atoms with Crippen LogP contribution in [0, 0.1) is 17.1 Å². The van der Waals surface area contributed by atoms with Crippen LogP contribution in [-0.2, 0) is 4.79 Å². The highest BCUT2D eigenvalue weighted by atomic mass is 79.9. The molecule has 0 aromatic heterocycles. The molecule has 100 valence electrons. The molecule has 0 heterocycles. The standard InChI is InChI=1S/C14H14BrFN2O/c1-2-3-6-18-14(19)11(9-17)7-10-4-5-13(16)12(15)8-10/h4-5,7-8H,2-3,6H2,1H3,(H,18,19)/b11-7+. The highest BCUT2D eigenvalue weighted by molar-refractivity contribution is 9.10. The van der Waals surface area contributed by atoms with Gasteiger partial charge in [-0.15, -0.1) is 0 Å². The second-order valence-electron chi connectivity index (χ2n) is 3.95. The summed E-state index contributed by atoms with van der Waals surface area (Å²) in [6.45, 7) is 2.56. The van der Waals surface area contributed by atoms with E-state index >= 15 is 0 Å². The molecule has 0 fully saturated rings. The average Bonchev–Trinajstić information content (AvgIpc) is 2.40. The van der Waals surface area contributed by atoms with Crippen LogP contribution in [0.3, 0.4) is 0 Å². The van der Waals surface area contributed by atoms with Crippen molar-refractivity contribution in [2.24, 2.45) is 0 Å². The Labute approximate surface area is 120 Å². The Bertz CT molecular complexity index is 535. The van der Waals surface area contributed by atoms with Crippen LogP contribution in [0.2, 0.25) is 0 Å². The number of benzene rings is 1. The third kappa shape index (κ3) is 4.84. The minimum absolute atomic E-state index is 0.00890. The second-order valence-corrected chi connectivity index (χ2v) is 4.81. The number of nitrogens with zero attached hydrogens (tertiary/aromatic N) is 1. The number of carbonyl (C=O) groups excluding carboxylic acids is 1. The molecule has 0 radical (unpaired) electrons. The predicted octanol–water partition coefficient (Wildman–Crippen LogP) is 3.41. The molecule has 1 N–H and O–H groups in total. The van der Waals surface area contributed by atoms with E-state index in [1.54, 1.807) is 0 Å². The van der Waals surface area contributed by atoms with Gasteiger partial charge in [-0.3, -0.25) is 4.79 Å². The Morgan fingerprint density at radius 2 is 2.32 bits per heavy atom. The van der Waals surface area contributed by atoms with Gasteiger partial charge in [0, 0.05) is 6.54 Å². The molecule has 19 heavy (non-hydrogen) atoms. The van der Waals surface area contributed by atoms with E-state index in [0.29, 0.717) is 16.6 Å². The Kier molecular flexibility index (Phi) is 6.23. The number of halogens is 2. The first-order valence-electron chi connectivity index (χ1n) is 5.93. The van der Waals surface area contributed by atoms with E-state index in [0.717, 1.165) is 12.8 Å². The Hall–Kier alpha value is -1.67. The molecule has 0 aliphatic carbocycles. The minimum atomic E-state index is -0.406. The topological polar surface area (TPSA) is 52.9 Å². The number of unbranched alkanes of at least 4 members (excludes halogenated alkanes) is 1. The van der Waals surface area contributed by atoms with Gasteiger partial charge in [-0.25, -0.2) is 4.39 Å². The van der Waals surface area contributed by atoms with Crippen molar-refractivity contribution in [3.8, 4) is 6.07 Å². The van der Waals surface area contributed by atoms with E-state index in [1.807, 2.05) is 13.0 Å². The lowest BCUT2D eigenvalue weighted by molar-refractivity contribution is -0.117. The highest BCUT2D eigenvalue weighted by Crippen LogP contribution is 2.18. The van der Waals surface area contributed by atoms with Gasteiger partial charge in [-0.05, 0) is 46.1 Å². The molecular weight excluding hydrogens is 311 g/mol. The lowest BCUT2D eigenvalue weighted by Crippen LogP contribution is -2.25. The zero-order valence-electron chi connectivity index (χ0n) is 10.5. The van der Waals surface area contributed by atoms with Gasteiger partial charge in [0.25, 0.3) is 5.91 Å². The maximum absolute atomic E-state index is 13.1. The van der Waals surface area contributed by atoms with Crippen molar-refractivity contribution < 1.29 is 9.18 Å². The highest BCUT2D eigenvalue weighted by Gasteiger charge is 2.08. The van der Waals surface area contributed by atoms with Gasteiger partial charge in [-0.2, -0.15) is 5.26 Å². The third-order valence-electron chi connectivity index (χ3n) is 2.44. The molecular formula is C14H14BrFN2O. The van der Waals surface area contributed by atoms with Crippen LogP contribution in [0.4, 0.5) is 4.39 Å². The summed E-state index contributed by atoms with van der Waals surface area (Å²) in [4.78, 5) is 11.7. The average molecular weight is 325 g/mol. The van der Waals surface area contributed by atoms with Gasteiger partial charge >= 0.3 is 0 Å². The lowest BCUT2D eigenvalue weighted by Gasteiger charge is -2.03. The SMILES string of the molecule is CCCCNC(=O)/C(C#N)=C/c1ccc(F)c(Br)c1. The molecule has 1 aromatic rings. The number of nitriles is 1. The molecule has 0 bridgehead atoms. The first kappa shape index (κ1) is 15.4. The van der Waals surface area contributed by atoms with Crippen LogP contribution < -0.4 is 5.32 Å². The largest absolute Gasteiger partial charge is 0.351 e. The maximum atomic E-state index is 13.1. The molecule has 1 rings (SSSR count). The van der Waals surface area contributed by atoms with Gasteiger partial charge in [0.2, 0.25) is 0 Å². The number of hydrogen-bond donors (Lipinski definition) is 1. The van der Waals surface area contributed by atoms with Crippen molar-refractivity contribution in [1.82, 2.24) is 5.32 Å². The molecule has 0 aliphatic rings. The van der Waals surface area contributed by atoms with E-state index in [-0.39, 0.29) is 11.4 Å². The summed E-state index contributed by atoms with van der Waals surface area (Å²) in [6.07, 6.45) is 3.27. The van der Waals surface area contributed by atoms with E-state index in [1.165, 1.54) is 24.3 Å². The molecule has 0 saturated heterocycles. The summed E-state index contributed by atoms with van der Waals surface area (Å²) in [7, 11) is 0. The van der Waals surface area contributed by atoms with Crippen LogP contribution in [-0.4, -0.2) is 12.5 Å². The van der Waals surface area contributed by atoms with Crippen LogP contribution in [0.25, 0.3) is 6.08 Å². The zero-order valence-corrected chi connectivity index (χ0v) is 12.1. The fraction of sp³-hybridized carbons (Fsp3) is 0.286. The van der Waals surface area contributed by atoms with Crippen LogP contribution in [0.5, 0.6) is 0 Å². The van der Waals surface area contributed by atoms with E-state index < -0.39 is 5.91 Å². The molecule has 1 amide bonds. The van der Waals surface area contributed by atoms with Crippen molar-refractivity contribution in [1.29, 1.82) is 5.26 Å². The Morgan fingerprint density at radius 1 is 1.58 bits per heavy atom. The lowest BCUT2D eigenvalue weighted by atomic mass is 10.1. The molecule has 5 heteroatoms. The molecule has 0 aliphatic heterocycles. The third-order valence-corrected chi connectivity index (χ3v) is 3.04. The number of hydrogen-bond acceptors (Lipinski definition) is 2. The van der Waals surface area contributed by atoms with Crippen molar-refractivity contribution in [2.45, 2.75) is 19.8 Å². The summed E-state index contributed by atoms with van der Waals surface area (Å²) in [5.41, 5.74) is 0.602. The maximum Gasteiger partial charge on any atom is 0.261 e. The Balaban J connectivity index is 2.84. The summed E-state index contributed by atoms with van der Waals surface area (Å²) >= 11 is 3.06. The number of rotatable bonds is 5. The predicted molar refractivity (Wildman–Crippen MR) is 75.6 cm³/mol. The summed E-state index contributed by atoms with van der Waals surface area (Å²) < 4.78 is 13.4. The molecule has 3 nitrogen and oxygen atoms in total. The van der Waals surface area contributed by atoms with Gasteiger partial charge in [0.05, 0.1) is 4.47 Å². The van der Waals surface area contributed by atoms with Crippen molar-refractivity contribution in [2.75, 3.05) is 6.54 Å². The van der Waals surface area contributed by atoms with Gasteiger partial charge in [-0.1, -0.05) is 19.4 Å². The number of carbonyl (C=O) groups is 1. The van der Waals surface area contributed by atoms with E-state index in [9.17, 15) is 9.18 Å². The fourth-order valence-electron chi connectivity index (χ4n) is 1.39. The van der Waals surface area contributed by atoms with E-state index in [4.69, 9.17) is 5.26 Å². The minimum Gasteiger partial charge on any atom is -0.351 e. The summed E-state index contributed by atoms with van der Waals surface area (Å²) in [6, 6.07) is 6.16. The van der Waals surface area contributed by atoms with E-state index in [2.05, 4.69) is 21.2 Å². The van der Waals surface area contributed by atoms with Crippen molar-refractivity contribution in [3.05, 3.63) is 39.6 Å². The number of nitrogens with one attached hydrogen (secondary N) is 1. The zero-order chi connectivity index (χ0) is 14.3. The first-order chi connectivity index (χ1) is 9.08. The number of amides is 1. The fourth-order valence-corrected chi connectivity index (χ4v) is 1.79. The molecule has 0 spiro atoms. The molecule has 0 saturated carbocycles.